The van der Waals surface area contributed by atoms with E-state index in [0.29, 0.717) is 6.42 Å². The molecule has 0 aliphatic carbocycles. The highest BCUT2D eigenvalue weighted by atomic mass is 16.7. The predicted molar refractivity (Wildman–Crippen MR) is 128 cm³/mol. The molecule has 4 heteroatoms. The van der Waals surface area contributed by atoms with Gasteiger partial charge in [0.05, 0.1) is 7.11 Å². The van der Waals surface area contributed by atoms with Crippen LogP contribution in [0.5, 0.6) is 5.75 Å². The second-order valence-electron chi connectivity index (χ2n) is 7.79. The molecule has 1 aliphatic rings. The Balaban J connectivity index is 0.000000500. The fraction of sp³-hybridized carbons (Fsp3) is 0.630. The molecule has 1 N–H and O–H groups in total. The average molecular weight is 431 g/mol. The van der Waals surface area contributed by atoms with Gasteiger partial charge < -0.3 is 19.3 Å². The highest BCUT2D eigenvalue weighted by molar-refractivity contribution is 5.44. The Kier molecular flexibility index (Phi) is 15.7. The normalized spacial score (nSPS) is 16.3. The van der Waals surface area contributed by atoms with E-state index in [-0.39, 0.29) is 6.29 Å². The number of rotatable bonds is 11. The minimum absolute atomic E-state index is 0.0868. The Bertz CT molecular complexity index is 653. The molecule has 2 unspecified atom stereocenters. The third-order valence-corrected chi connectivity index (χ3v) is 5.33. The van der Waals surface area contributed by atoms with E-state index in [1.54, 1.807) is 14.2 Å². The molecule has 0 bridgehead atoms. The predicted octanol–water partition coefficient (Wildman–Crippen LogP) is 6.37. The van der Waals surface area contributed by atoms with Crippen molar-refractivity contribution in [3.63, 3.8) is 0 Å². The van der Waals surface area contributed by atoms with E-state index < -0.39 is 6.10 Å². The maximum Gasteiger partial charge on any atom is 0.157 e. The van der Waals surface area contributed by atoms with Crippen molar-refractivity contribution >= 4 is 0 Å². The topological polar surface area (TPSA) is 47.9 Å². The van der Waals surface area contributed by atoms with Gasteiger partial charge in [-0.2, -0.15) is 0 Å². The number of aliphatic hydroxyl groups excluding tert-OH is 1. The molecule has 0 spiro atoms. The van der Waals surface area contributed by atoms with Crippen LogP contribution in [0.1, 0.15) is 88.4 Å². The first-order valence-electron chi connectivity index (χ1n) is 11.7. The molecular formula is C27H42O4. The molecule has 1 fully saturated rings. The van der Waals surface area contributed by atoms with Crippen molar-refractivity contribution in [1.29, 1.82) is 0 Å². The summed E-state index contributed by atoms with van der Waals surface area (Å²) in [6, 6.07) is 5.70. The number of allylic oxidation sites excluding steroid dienone is 1. The SMILES string of the molecule is C=CCc1c(OC)cccc1C(O)C#CCCCCCCCC.COC1CCCCO1. The van der Waals surface area contributed by atoms with E-state index in [0.717, 1.165) is 42.7 Å². The quantitative estimate of drug-likeness (QED) is 0.252. The zero-order valence-corrected chi connectivity index (χ0v) is 19.8. The van der Waals surface area contributed by atoms with Gasteiger partial charge in [0.15, 0.2) is 6.29 Å². The highest BCUT2D eigenvalue weighted by Crippen LogP contribution is 2.27. The minimum Gasteiger partial charge on any atom is -0.496 e. The summed E-state index contributed by atoms with van der Waals surface area (Å²) < 4.78 is 15.5. The molecule has 2 atom stereocenters. The van der Waals surface area contributed by atoms with Crippen LogP contribution in [0.2, 0.25) is 0 Å². The molecule has 1 aliphatic heterocycles. The first kappa shape index (κ1) is 27.2. The lowest BCUT2D eigenvalue weighted by Gasteiger charge is -2.20. The van der Waals surface area contributed by atoms with E-state index in [2.05, 4.69) is 25.3 Å². The van der Waals surface area contributed by atoms with Crippen LogP contribution in [0.4, 0.5) is 0 Å². The van der Waals surface area contributed by atoms with Crippen molar-refractivity contribution < 1.29 is 19.3 Å². The van der Waals surface area contributed by atoms with Gasteiger partial charge in [0.1, 0.15) is 11.9 Å². The molecule has 2 rings (SSSR count). The van der Waals surface area contributed by atoms with Crippen molar-refractivity contribution in [3.05, 3.63) is 42.0 Å². The number of hydrogen-bond acceptors (Lipinski definition) is 4. The molecule has 174 valence electrons. The van der Waals surface area contributed by atoms with Crippen LogP contribution in [-0.4, -0.2) is 32.2 Å². The zero-order valence-electron chi connectivity index (χ0n) is 19.8. The molecule has 0 amide bonds. The summed E-state index contributed by atoms with van der Waals surface area (Å²) in [6.07, 6.45) is 13.7. The summed E-state index contributed by atoms with van der Waals surface area (Å²) in [6.45, 7) is 6.88. The highest BCUT2D eigenvalue weighted by Gasteiger charge is 2.13. The van der Waals surface area contributed by atoms with E-state index in [1.807, 2.05) is 24.3 Å². The Labute approximate surface area is 190 Å². The van der Waals surface area contributed by atoms with E-state index in [1.165, 1.54) is 44.9 Å². The van der Waals surface area contributed by atoms with Crippen molar-refractivity contribution in [2.75, 3.05) is 20.8 Å². The number of ether oxygens (including phenoxy) is 3. The van der Waals surface area contributed by atoms with Crippen LogP contribution in [0.15, 0.2) is 30.9 Å². The number of aliphatic hydroxyl groups is 1. The first-order chi connectivity index (χ1) is 15.2. The molecule has 1 aromatic rings. The second-order valence-corrected chi connectivity index (χ2v) is 7.79. The Hall–Kier alpha value is -1.80. The average Bonchev–Trinajstić information content (AvgIpc) is 2.82. The van der Waals surface area contributed by atoms with Gasteiger partial charge >= 0.3 is 0 Å². The Morgan fingerprint density at radius 3 is 2.58 bits per heavy atom. The zero-order chi connectivity index (χ0) is 22.7. The smallest absolute Gasteiger partial charge is 0.157 e. The van der Waals surface area contributed by atoms with Crippen LogP contribution in [0.3, 0.4) is 0 Å². The van der Waals surface area contributed by atoms with Gasteiger partial charge in [0.25, 0.3) is 0 Å². The maximum atomic E-state index is 10.4. The Morgan fingerprint density at radius 2 is 1.97 bits per heavy atom. The van der Waals surface area contributed by atoms with Crippen LogP contribution < -0.4 is 4.74 Å². The number of methoxy groups -OCH3 is 2. The first-order valence-corrected chi connectivity index (χ1v) is 11.7. The van der Waals surface area contributed by atoms with Gasteiger partial charge in [0.2, 0.25) is 0 Å². The summed E-state index contributed by atoms with van der Waals surface area (Å²) in [5.41, 5.74) is 1.78. The molecule has 31 heavy (non-hydrogen) atoms. The van der Waals surface area contributed by atoms with Gasteiger partial charge in [-0.15, -0.1) is 12.5 Å². The van der Waals surface area contributed by atoms with Crippen molar-refractivity contribution in [1.82, 2.24) is 0 Å². The van der Waals surface area contributed by atoms with Crippen LogP contribution in [0.25, 0.3) is 0 Å². The molecule has 1 aromatic carbocycles. The summed E-state index contributed by atoms with van der Waals surface area (Å²) in [4.78, 5) is 0. The summed E-state index contributed by atoms with van der Waals surface area (Å²) >= 11 is 0. The van der Waals surface area contributed by atoms with Crippen LogP contribution in [0, 0.1) is 11.8 Å². The second kappa shape index (κ2) is 17.8. The lowest BCUT2D eigenvalue weighted by molar-refractivity contribution is -0.145. The fourth-order valence-corrected chi connectivity index (χ4v) is 3.53. The largest absolute Gasteiger partial charge is 0.496 e. The monoisotopic (exact) mass is 430 g/mol. The third-order valence-electron chi connectivity index (χ3n) is 5.33. The lowest BCUT2D eigenvalue weighted by atomic mass is 9.98. The van der Waals surface area contributed by atoms with Crippen molar-refractivity contribution in [2.45, 2.75) is 89.9 Å². The molecule has 0 aromatic heterocycles. The van der Waals surface area contributed by atoms with E-state index in [4.69, 9.17) is 14.2 Å². The molecule has 1 heterocycles. The standard InChI is InChI=1S/C21H30O2.C6H12O2/c1-4-6-7-8-9-10-11-12-16-20(22)18-15-13-17-21(23-3)19(18)14-5-2;1-7-6-4-2-3-5-8-6/h5,13,15,17,20,22H,2,4,6-11,14H2,1,3H3;6H,2-5H2,1H3. The van der Waals surface area contributed by atoms with Crippen LogP contribution in [-0.2, 0) is 15.9 Å². The summed E-state index contributed by atoms with van der Waals surface area (Å²) in [5, 5.41) is 10.4. The molecule has 1 saturated heterocycles. The lowest BCUT2D eigenvalue weighted by Crippen LogP contribution is -2.20. The maximum absolute atomic E-state index is 10.4. The number of unbranched alkanes of at least 4 members (excludes halogenated alkanes) is 6. The van der Waals surface area contributed by atoms with Gasteiger partial charge in [-0.05, 0) is 43.7 Å². The van der Waals surface area contributed by atoms with Gasteiger partial charge in [-0.1, -0.05) is 63.2 Å². The summed E-state index contributed by atoms with van der Waals surface area (Å²) in [5.74, 6) is 6.86. The molecular weight excluding hydrogens is 388 g/mol. The molecule has 0 radical (unpaired) electrons. The van der Waals surface area contributed by atoms with E-state index in [9.17, 15) is 5.11 Å². The van der Waals surface area contributed by atoms with Gasteiger partial charge in [-0.25, -0.2) is 0 Å². The third kappa shape index (κ3) is 11.4. The summed E-state index contributed by atoms with van der Waals surface area (Å²) in [7, 11) is 3.33. The number of hydrogen-bond donors (Lipinski definition) is 1. The van der Waals surface area contributed by atoms with Crippen LogP contribution >= 0.6 is 0 Å². The van der Waals surface area contributed by atoms with Crippen molar-refractivity contribution in [2.24, 2.45) is 0 Å². The van der Waals surface area contributed by atoms with Gasteiger partial charge in [-0.3, -0.25) is 0 Å². The molecule has 4 nitrogen and oxygen atoms in total. The number of benzene rings is 1. The van der Waals surface area contributed by atoms with E-state index >= 15 is 0 Å². The Morgan fingerprint density at radius 1 is 1.19 bits per heavy atom. The van der Waals surface area contributed by atoms with Crippen molar-refractivity contribution in [3.8, 4) is 17.6 Å². The van der Waals surface area contributed by atoms with Gasteiger partial charge in [0, 0.05) is 25.7 Å². The fourth-order valence-electron chi connectivity index (χ4n) is 3.53. The molecule has 0 saturated carbocycles. The minimum atomic E-state index is -0.764.